The van der Waals surface area contributed by atoms with Crippen molar-refractivity contribution in [2.24, 2.45) is 0 Å². The Morgan fingerprint density at radius 2 is 1.89 bits per heavy atom. The molecule has 2 aromatic carbocycles. The normalized spacial score (nSPS) is 12.1. The molecule has 0 atom stereocenters. The number of fused-ring (bicyclic) bond motifs is 2. The lowest BCUT2D eigenvalue weighted by molar-refractivity contribution is 0.415. The van der Waals surface area contributed by atoms with Crippen LogP contribution in [0.2, 0.25) is 5.02 Å². The van der Waals surface area contributed by atoms with Crippen LogP contribution in [0.3, 0.4) is 0 Å². The van der Waals surface area contributed by atoms with Crippen molar-refractivity contribution in [3.63, 3.8) is 0 Å². The fraction of sp³-hybridized carbons (Fsp3) is 0.0667. The lowest BCUT2D eigenvalue weighted by atomic mass is 10.1. The van der Waals surface area contributed by atoms with Gasteiger partial charge in [0.15, 0.2) is 0 Å². The Labute approximate surface area is 111 Å². The van der Waals surface area contributed by atoms with Crippen LogP contribution in [0, 0.1) is 0 Å². The molecule has 3 heteroatoms. The van der Waals surface area contributed by atoms with Crippen LogP contribution in [0.5, 0.6) is 5.75 Å². The molecule has 0 aromatic heterocycles. The van der Waals surface area contributed by atoms with Gasteiger partial charge in [-0.25, -0.2) is 0 Å². The van der Waals surface area contributed by atoms with Crippen LogP contribution in [0.25, 0.3) is 12.2 Å². The molecular weight excluding hydrogens is 246 g/mol. The van der Waals surface area contributed by atoms with E-state index in [0.717, 1.165) is 33.3 Å². The molecular formula is C15H12ClNO. The van der Waals surface area contributed by atoms with Gasteiger partial charge in [-0.15, -0.1) is 0 Å². The number of anilines is 2. The highest BCUT2D eigenvalue weighted by Gasteiger charge is 2.11. The van der Waals surface area contributed by atoms with E-state index in [9.17, 15) is 0 Å². The molecule has 0 fully saturated rings. The van der Waals surface area contributed by atoms with E-state index in [-0.39, 0.29) is 0 Å². The second-order valence-electron chi connectivity index (χ2n) is 4.12. The molecule has 0 aliphatic carbocycles. The van der Waals surface area contributed by atoms with E-state index >= 15 is 0 Å². The highest BCUT2D eigenvalue weighted by molar-refractivity contribution is 6.33. The summed E-state index contributed by atoms with van der Waals surface area (Å²) in [5.74, 6) is 0.845. The Bertz CT molecular complexity index is 634. The van der Waals surface area contributed by atoms with Crippen molar-refractivity contribution in [2.45, 2.75) is 0 Å². The maximum absolute atomic E-state index is 6.22. The molecule has 1 heterocycles. The third kappa shape index (κ3) is 1.85. The maximum Gasteiger partial charge on any atom is 0.119 e. The first kappa shape index (κ1) is 11.2. The summed E-state index contributed by atoms with van der Waals surface area (Å²) in [6.45, 7) is 0. The van der Waals surface area contributed by atoms with Crippen LogP contribution >= 0.6 is 11.6 Å². The summed E-state index contributed by atoms with van der Waals surface area (Å²) in [6, 6.07) is 11.8. The van der Waals surface area contributed by atoms with Gasteiger partial charge in [0.05, 0.1) is 17.8 Å². The van der Waals surface area contributed by atoms with E-state index in [1.807, 2.05) is 36.4 Å². The smallest absolute Gasteiger partial charge is 0.119 e. The third-order valence-electron chi connectivity index (χ3n) is 3.01. The number of benzene rings is 2. The molecule has 1 aliphatic rings. The largest absolute Gasteiger partial charge is 0.497 e. The van der Waals surface area contributed by atoms with Gasteiger partial charge in [-0.2, -0.15) is 0 Å². The monoisotopic (exact) mass is 257 g/mol. The fourth-order valence-corrected chi connectivity index (χ4v) is 2.27. The van der Waals surface area contributed by atoms with Crippen molar-refractivity contribution in [3.8, 4) is 5.75 Å². The van der Waals surface area contributed by atoms with Crippen molar-refractivity contribution in [1.82, 2.24) is 0 Å². The van der Waals surface area contributed by atoms with Crippen LogP contribution < -0.4 is 10.1 Å². The summed E-state index contributed by atoms with van der Waals surface area (Å²) in [4.78, 5) is 0. The Hall–Kier alpha value is -1.93. The molecule has 0 saturated heterocycles. The van der Waals surface area contributed by atoms with Gasteiger partial charge in [-0.1, -0.05) is 35.9 Å². The summed E-state index contributed by atoms with van der Waals surface area (Å²) in [7, 11) is 1.67. The summed E-state index contributed by atoms with van der Waals surface area (Å²) in [5.41, 5.74) is 4.14. The quantitative estimate of drug-likeness (QED) is 0.689. The second kappa shape index (κ2) is 4.39. The minimum absolute atomic E-state index is 0.723. The molecule has 2 aromatic rings. The topological polar surface area (TPSA) is 21.3 Å². The van der Waals surface area contributed by atoms with Crippen LogP contribution in [0.15, 0.2) is 36.4 Å². The zero-order valence-electron chi connectivity index (χ0n) is 9.91. The van der Waals surface area contributed by atoms with E-state index in [1.54, 1.807) is 7.11 Å². The van der Waals surface area contributed by atoms with Crippen LogP contribution in [0.1, 0.15) is 11.1 Å². The van der Waals surface area contributed by atoms with Crippen molar-refractivity contribution in [3.05, 3.63) is 52.5 Å². The molecule has 2 nitrogen and oxygen atoms in total. The number of halogens is 1. The van der Waals surface area contributed by atoms with Gasteiger partial charge in [-0.05, 0) is 29.8 Å². The van der Waals surface area contributed by atoms with E-state index in [4.69, 9.17) is 16.3 Å². The minimum atomic E-state index is 0.723. The maximum atomic E-state index is 6.22. The molecule has 1 N–H and O–H groups in total. The van der Waals surface area contributed by atoms with Gasteiger partial charge >= 0.3 is 0 Å². The Balaban J connectivity index is 2.14. The van der Waals surface area contributed by atoms with E-state index in [2.05, 4.69) is 17.5 Å². The zero-order valence-corrected chi connectivity index (χ0v) is 10.7. The third-order valence-corrected chi connectivity index (χ3v) is 3.32. The SMILES string of the molecule is COc1ccc2c(c1)C=Cc1cccc(Cl)c1N2. The van der Waals surface area contributed by atoms with Crippen LogP contribution in [-0.2, 0) is 0 Å². The molecule has 1 aliphatic heterocycles. The highest BCUT2D eigenvalue weighted by Crippen LogP contribution is 2.36. The van der Waals surface area contributed by atoms with E-state index in [0.29, 0.717) is 0 Å². The van der Waals surface area contributed by atoms with Crippen molar-refractivity contribution in [2.75, 3.05) is 12.4 Å². The highest BCUT2D eigenvalue weighted by atomic mass is 35.5. The average Bonchev–Trinajstić information content (AvgIpc) is 2.58. The van der Waals surface area contributed by atoms with Crippen molar-refractivity contribution in [1.29, 1.82) is 0 Å². The lowest BCUT2D eigenvalue weighted by Crippen LogP contribution is -1.94. The van der Waals surface area contributed by atoms with Gasteiger partial charge < -0.3 is 10.1 Å². The standard InChI is InChI=1S/C15H12ClNO/c1-18-12-7-8-14-11(9-12)6-5-10-3-2-4-13(16)15(10)17-14/h2-9,17H,1H3. The van der Waals surface area contributed by atoms with Gasteiger partial charge in [0.1, 0.15) is 5.75 Å². The minimum Gasteiger partial charge on any atom is -0.497 e. The molecule has 0 unspecified atom stereocenters. The summed E-state index contributed by atoms with van der Waals surface area (Å²) < 4.78 is 5.23. The number of rotatable bonds is 1. The Kier molecular flexibility index (Phi) is 2.73. The number of nitrogens with one attached hydrogen (secondary N) is 1. The number of methoxy groups -OCH3 is 1. The van der Waals surface area contributed by atoms with Gasteiger partial charge in [-0.3, -0.25) is 0 Å². The van der Waals surface area contributed by atoms with Gasteiger partial charge in [0.2, 0.25) is 0 Å². The van der Waals surface area contributed by atoms with Crippen LogP contribution in [-0.4, -0.2) is 7.11 Å². The predicted molar refractivity (Wildman–Crippen MR) is 76.7 cm³/mol. The number of hydrogen-bond acceptors (Lipinski definition) is 2. The predicted octanol–water partition coefficient (Wildman–Crippen LogP) is 4.58. The van der Waals surface area contributed by atoms with Gasteiger partial charge in [0, 0.05) is 11.3 Å². The van der Waals surface area contributed by atoms with Crippen molar-refractivity contribution >= 4 is 35.1 Å². The first-order valence-electron chi connectivity index (χ1n) is 5.69. The first-order valence-corrected chi connectivity index (χ1v) is 6.07. The summed E-state index contributed by atoms with van der Waals surface area (Å²) in [6.07, 6.45) is 4.12. The molecule has 3 rings (SSSR count). The van der Waals surface area contributed by atoms with E-state index < -0.39 is 0 Å². The lowest BCUT2D eigenvalue weighted by Gasteiger charge is -2.12. The van der Waals surface area contributed by atoms with E-state index in [1.165, 1.54) is 0 Å². The number of para-hydroxylation sites is 1. The fourth-order valence-electron chi connectivity index (χ4n) is 2.05. The summed E-state index contributed by atoms with van der Waals surface area (Å²) >= 11 is 6.22. The molecule has 0 amide bonds. The average molecular weight is 258 g/mol. The summed E-state index contributed by atoms with van der Waals surface area (Å²) in [5, 5.41) is 4.10. The zero-order chi connectivity index (χ0) is 12.5. The number of hydrogen-bond donors (Lipinski definition) is 1. The Morgan fingerprint density at radius 3 is 2.72 bits per heavy atom. The van der Waals surface area contributed by atoms with Crippen molar-refractivity contribution < 1.29 is 4.74 Å². The molecule has 0 radical (unpaired) electrons. The molecule has 0 bridgehead atoms. The first-order chi connectivity index (χ1) is 8.78. The molecule has 90 valence electrons. The second-order valence-corrected chi connectivity index (χ2v) is 4.52. The number of ether oxygens (including phenoxy) is 1. The molecule has 0 spiro atoms. The molecule has 18 heavy (non-hydrogen) atoms. The van der Waals surface area contributed by atoms with Gasteiger partial charge in [0.25, 0.3) is 0 Å². The molecule has 0 saturated carbocycles. The Morgan fingerprint density at radius 1 is 1.06 bits per heavy atom. The van der Waals surface area contributed by atoms with Crippen LogP contribution in [0.4, 0.5) is 11.4 Å².